The Morgan fingerprint density at radius 3 is 2.38 bits per heavy atom. The number of pyridine rings is 2. The molecule has 0 bridgehead atoms. The van der Waals surface area contributed by atoms with Gasteiger partial charge in [0.05, 0.1) is 61.1 Å². The molecule has 2 aromatic heterocycles. The Labute approximate surface area is 442 Å². The molecule has 25 heteroatoms. The van der Waals surface area contributed by atoms with Crippen molar-refractivity contribution in [3.8, 4) is 11.4 Å². The molecule has 0 unspecified atom stereocenters. The lowest BCUT2D eigenvalue weighted by Gasteiger charge is -2.31. The maximum Gasteiger partial charge on any atom is 0.343 e. The van der Waals surface area contributed by atoms with Crippen LogP contribution in [0.2, 0.25) is 0 Å². The molecular formula is C51H58FN9O13S2. The van der Waals surface area contributed by atoms with Crippen molar-refractivity contribution in [1.29, 1.82) is 0 Å². The summed E-state index contributed by atoms with van der Waals surface area (Å²) in [4.78, 5) is 136. The number of ether oxygens (including phenoxy) is 1. The van der Waals surface area contributed by atoms with Crippen molar-refractivity contribution < 1.29 is 62.5 Å². The van der Waals surface area contributed by atoms with E-state index in [4.69, 9.17) is 15.5 Å². The van der Waals surface area contributed by atoms with Crippen LogP contribution >= 0.6 is 21.6 Å². The van der Waals surface area contributed by atoms with E-state index in [2.05, 4.69) is 26.6 Å². The van der Waals surface area contributed by atoms with Crippen LogP contribution in [0.25, 0.3) is 22.3 Å². The van der Waals surface area contributed by atoms with Crippen molar-refractivity contribution in [3.05, 3.63) is 97.6 Å². The van der Waals surface area contributed by atoms with Gasteiger partial charge in [0.1, 0.15) is 24.5 Å². The number of aryl methyl sites for hydroxylation is 1. The molecule has 4 heterocycles. The van der Waals surface area contributed by atoms with Crippen molar-refractivity contribution in [1.82, 2.24) is 41.0 Å². The summed E-state index contributed by atoms with van der Waals surface area (Å²) in [5.41, 5.74) is 7.21. The summed E-state index contributed by atoms with van der Waals surface area (Å²) in [6.45, 7) is 0.868. The minimum absolute atomic E-state index is 0.0255. The highest BCUT2D eigenvalue weighted by Crippen LogP contribution is 2.46. The van der Waals surface area contributed by atoms with E-state index in [-0.39, 0.29) is 62.9 Å². The number of aliphatic carboxylic acids is 1. The van der Waals surface area contributed by atoms with Crippen LogP contribution in [-0.2, 0) is 79.5 Å². The number of fused-ring (bicyclic) bond motifs is 5. The number of esters is 1. The fourth-order valence-electron chi connectivity index (χ4n) is 9.77. The minimum Gasteiger partial charge on any atom is -0.481 e. The van der Waals surface area contributed by atoms with Gasteiger partial charge in [-0.15, -0.1) is 0 Å². The Bertz CT molecular complexity index is 3070. The van der Waals surface area contributed by atoms with Gasteiger partial charge in [-0.05, 0) is 67.2 Å². The van der Waals surface area contributed by atoms with Crippen molar-refractivity contribution in [2.45, 2.75) is 102 Å². The number of aromatic nitrogens is 2. The van der Waals surface area contributed by atoms with Crippen LogP contribution < -0.4 is 37.9 Å². The van der Waals surface area contributed by atoms with Crippen molar-refractivity contribution in [3.63, 3.8) is 0 Å². The van der Waals surface area contributed by atoms with Crippen LogP contribution in [0.15, 0.2) is 47.3 Å². The number of amides is 7. The maximum atomic E-state index is 15.5. The molecule has 404 valence electrons. The van der Waals surface area contributed by atoms with Gasteiger partial charge in [-0.25, -0.2) is 14.2 Å². The maximum absolute atomic E-state index is 15.5. The molecule has 7 rings (SSSR count). The molecule has 2 aliphatic heterocycles. The van der Waals surface area contributed by atoms with Gasteiger partial charge in [0.2, 0.25) is 41.4 Å². The van der Waals surface area contributed by atoms with E-state index < -0.39 is 114 Å². The number of carbonyl (C=O) groups excluding carboxylic acids is 8. The van der Waals surface area contributed by atoms with E-state index in [0.29, 0.717) is 68.7 Å². The molecule has 4 aromatic rings. The van der Waals surface area contributed by atoms with E-state index in [9.17, 15) is 58.2 Å². The fourth-order valence-corrected chi connectivity index (χ4v) is 11.0. The van der Waals surface area contributed by atoms with Gasteiger partial charge in [0, 0.05) is 54.1 Å². The number of aliphatic hydroxyl groups is 1. The van der Waals surface area contributed by atoms with Crippen LogP contribution in [0.1, 0.15) is 90.4 Å². The predicted octanol–water partition coefficient (Wildman–Crippen LogP) is 1.05. The largest absolute Gasteiger partial charge is 0.481 e. The average molecular weight is 1090 g/mol. The molecule has 9 N–H and O–H groups in total. The van der Waals surface area contributed by atoms with Gasteiger partial charge < -0.3 is 56.7 Å². The number of hydrogen-bond donors (Lipinski definition) is 8. The number of carbonyl (C=O) groups is 9. The van der Waals surface area contributed by atoms with Crippen LogP contribution in [0.3, 0.4) is 0 Å². The number of cyclic esters (lactones) is 1. The van der Waals surface area contributed by atoms with E-state index in [1.54, 1.807) is 50.2 Å². The summed E-state index contributed by atoms with van der Waals surface area (Å²) in [6, 6.07) is 8.06. The smallest absolute Gasteiger partial charge is 0.343 e. The lowest BCUT2D eigenvalue weighted by Crippen LogP contribution is -2.54. The number of carboxylic acid groups (broad SMARTS) is 1. The highest BCUT2D eigenvalue weighted by molar-refractivity contribution is 8.76. The molecule has 0 spiro atoms. The lowest BCUT2D eigenvalue weighted by molar-refractivity contribution is -0.172. The first-order valence-corrected chi connectivity index (χ1v) is 27.2. The van der Waals surface area contributed by atoms with E-state index in [1.165, 1.54) is 32.2 Å². The zero-order chi connectivity index (χ0) is 55.0. The molecule has 22 nitrogen and oxygen atoms in total. The van der Waals surface area contributed by atoms with Gasteiger partial charge in [0.25, 0.3) is 5.56 Å². The second kappa shape index (κ2) is 24.5. The first kappa shape index (κ1) is 56.3. The summed E-state index contributed by atoms with van der Waals surface area (Å²) in [5, 5.41) is 33.9. The first-order chi connectivity index (χ1) is 36.2. The number of hydrogen-bond acceptors (Lipinski definition) is 15. The summed E-state index contributed by atoms with van der Waals surface area (Å²) in [7, 11) is 2.83. The Morgan fingerprint density at radius 2 is 1.68 bits per heavy atom. The van der Waals surface area contributed by atoms with Gasteiger partial charge in [-0.1, -0.05) is 58.8 Å². The molecule has 0 saturated carbocycles. The Balaban J connectivity index is 1.02. The van der Waals surface area contributed by atoms with Crippen molar-refractivity contribution in [2.24, 2.45) is 5.73 Å². The lowest BCUT2D eigenvalue weighted by atomic mass is 9.81. The molecule has 1 aliphatic carbocycles. The monoisotopic (exact) mass is 1090 g/mol. The minimum atomic E-state index is -2.07. The summed E-state index contributed by atoms with van der Waals surface area (Å²) in [5.74, 6) is -7.51. The quantitative estimate of drug-likeness (QED) is 0.0243. The van der Waals surface area contributed by atoms with Gasteiger partial charge in [-0.2, -0.15) is 0 Å². The zero-order valence-corrected chi connectivity index (χ0v) is 43.5. The number of nitrogens with zero attached hydrogens (tertiary/aromatic N) is 3. The van der Waals surface area contributed by atoms with Crippen LogP contribution in [-0.4, -0.2) is 128 Å². The molecular weight excluding hydrogens is 1030 g/mol. The Hall–Kier alpha value is -7.38. The van der Waals surface area contributed by atoms with Crippen molar-refractivity contribution in [2.75, 3.05) is 38.2 Å². The van der Waals surface area contributed by atoms with E-state index in [1.807, 2.05) is 6.26 Å². The molecule has 0 fully saturated rings. The Morgan fingerprint density at radius 1 is 0.961 bits per heavy atom. The summed E-state index contributed by atoms with van der Waals surface area (Å²) < 4.78 is 22.2. The number of carboxylic acids is 1. The fraction of sp³-hybridized carbons (Fsp3) is 0.431. The number of halogens is 1. The normalized spacial score (nSPS) is 16.7. The van der Waals surface area contributed by atoms with Crippen LogP contribution in [0.5, 0.6) is 0 Å². The van der Waals surface area contributed by atoms with Crippen LogP contribution in [0, 0.1) is 12.7 Å². The molecule has 76 heavy (non-hydrogen) atoms. The third-order valence-electron chi connectivity index (χ3n) is 13.5. The first-order valence-electron chi connectivity index (χ1n) is 24.5. The Kier molecular flexibility index (Phi) is 18.2. The second-order valence-corrected chi connectivity index (χ2v) is 21.2. The number of nitrogens with two attached hydrogens (primary N) is 1. The van der Waals surface area contributed by atoms with Gasteiger partial charge >= 0.3 is 11.9 Å². The number of rotatable bonds is 24. The second-order valence-electron chi connectivity index (χ2n) is 18.6. The molecule has 0 radical (unpaired) electrons. The highest BCUT2D eigenvalue weighted by Gasteiger charge is 2.46. The number of nitrogens with one attached hydrogen (secondary N) is 5. The topological polar surface area (TPSA) is 328 Å². The third kappa shape index (κ3) is 12.6. The summed E-state index contributed by atoms with van der Waals surface area (Å²) in [6.07, 6.45) is 1.58. The zero-order valence-electron chi connectivity index (χ0n) is 41.9. The molecule has 4 atom stereocenters. The molecule has 3 aliphatic rings. The van der Waals surface area contributed by atoms with E-state index in [0.717, 1.165) is 4.90 Å². The number of benzene rings is 2. The summed E-state index contributed by atoms with van der Waals surface area (Å²) >= 11 is 0. The molecule has 2 aromatic carbocycles. The third-order valence-corrected chi connectivity index (χ3v) is 15.4. The van der Waals surface area contributed by atoms with Crippen molar-refractivity contribution >= 4 is 85.8 Å². The van der Waals surface area contributed by atoms with Crippen LogP contribution in [0.4, 0.5) is 4.39 Å². The van der Waals surface area contributed by atoms with Gasteiger partial charge in [0.15, 0.2) is 5.60 Å². The standard InChI is InChI=1S/C51H58FN9O13S2/c1-4-51(73)31-18-37-46-29(23-61(37)48(70)30(31)25-74-50(51)72)45-33(13-12-28-26(2)32(52)19-34(59-46)44(28)45)56-39(63)11-8-15-60(24-38(53)62)49(71)36(17-27-9-6-5-7-10-27)58-42(66)22-54-41(65)21-55-47(69)35(20-43(67)68)57-40(64)14-16-76-75-3/h5-7,9-10,18-19,33,35-36,73H,4,8,11-17,20-25H2,1-3H3,(H2,53,62)(H,54,65)(H,55,69)(H,56,63)(H,57,64)(H,58,66)(H,67,68)/t33-,35-,36-,51-/m0/s1. The predicted molar refractivity (Wildman–Crippen MR) is 276 cm³/mol. The molecule has 0 saturated heterocycles. The molecule has 7 amide bonds. The SMILES string of the molecule is CC[C@@]1(O)C(=O)OCc2c1cc1n(c2=O)Cc2c-1nc1cc(F)c(C)c3c1c2[C@@H](NC(=O)CCCN(CC(N)=O)C(=O)[C@H](Cc1ccccc1)NC(=O)CNC(=O)CNC(=O)[C@H](CC(=O)O)NC(=O)CCSSC)CC3. The highest BCUT2D eigenvalue weighted by atomic mass is 33.1. The van der Waals surface area contributed by atoms with E-state index >= 15 is 4.39 Å². The number of primary amides is 1. The van der Waals surface area contributed by atoms with Gasteiger partial charge in [-0.3, -0.25) is 43.2 Å². The average Bonchev–Trinajstić information content (AvgIpc) is 3.75.